The SMILES string of the molecule is COc1ccc(C(=O)CN)cc1C=O. The van der Waals surface area contributed by atoms with E-state index < -0.39 is 0 Å². The number of Topliss-reactive ketones (excluding diaryl/α,β-unsaturated/α-hetero) is 1. The van der Waals surface area contributed by atoms with Gasteiger partial charge in [-0.3, -0.25) is 9.59 Å². The molecule has 0 saturated carbocycles. The van der Waals surface area contributed by atoms with Crippen molar-refractivity contribution in [2.24, 2.45) is 5.73 Å². The fourth-order valence-corrected chi connectivity index (χ4v) is 1.12. The summed E-state index contributed by atoms with van der Waals surface area (Å²) in [6.45, 7) is -0.0649. The van der Waals surface area contributed by atoms with Gasteiger partial charge in [-0.2, -0.15) is 0 Å². The van der Waals surface area contributed by atoms with E-state index in [9.17, 15) is 9.59 Å². The molecule has 0 bridgehead atoms. The summed E-state index contributed by atoms with van der Waals surface area (Å²) in [5, 5.41) is 0. The Kier molecular flexibility index (Phi) is 3.36. The van der Waals surface area contributed by atoms with Crippen LogP contribution >= 0.6 is 0 Å². The van der Waals surface area contributed by atoms with Crippen LogP contribution in [-0.2, 0) is 0 Å². The average molecular weight is 193 g/mol. The zero-order valence-corrected chi connectivity index (χ0v) is 7.82. The predicted octanol–water partition coefficient (Wildman–Crippen LogP) is 0.649. The van der Waals surface area contributed by atoms with E-state index in [0.29, 0.717) is 23.2 Å². The van der Waals surface area contributed by atoms with Gasteiger partial charge in [0.05, 0.1) is 19.2 Å². The van der Waals surface area contributed by atoms with E-state index in [1.54, 1.807) is 12.1 Å². The Hall–Kier alpha value is -1.68. The summed E-state index contributed by atoms with van der Waals surface area (Å²) in [7, 11) is 1.47. The Morgan fingerprint density at radius 1 is 1.57 bits per heavy atom. The number of ketones is 1. The molecular formula is C10H11NO3. The lowest BCUT2D eigenvalue weighted by Gasteiger charge is -2.04. The molecule has 1 aromatic rings. The van der Waals surface area contributed by atoms with Crippen molar-refractivity contribution < 1.29 is 14.3 Å². The third kappa shape index (κ3) is 1.97. The van der Waals surface area contributed by atoms with Gasteiger partial charge < -0.3 is 10.5 Å². The van der Waals surface area contributed by atoms with E-state index in [1.165, 1.54) is 13.2 Å². The van der Waals surface area contributed by atoms with Gasteiger partial charge in [-0.15, -0.1) is 0 Å². The number of methoxy groups -OCH3 is 1. The molecule has 4 nitrogen and oxygen atoms in total. The number of aldehydes is 1. The molecule has 0 unspecified atom stereocenters. The molecule has 4 heteroatoms. The molecule has 74 valence electrons. The Labute approximate surface area is 81.7 Å². The lowest BCUT2D eigenvalue weighted by atomic mass is 10.1. The highest BCUT2D eigenvalue weighted by Crippen LogP contribution is 2.17. The monoisotopic (exact) mass is 193 g/mol. The average Bonchev–Trinajstić information content (AvgIpc) is 2.26. The first-order chi connectivity index (χ1) is 6.72. The van der Waals surface area contributed by atoms with E-state index in [-0.39, 0.29) is 12.3 Å². The highest BCUT2D eigenvalue weighted by atomic mass is 16.5. The van der Waals surface area contributed by atoms with Crippen LogP contribution in [0.15, 0.2) is 18.2 Å². The second-order valence-electron chi connectivity index (χ2n) is 2.70. The molecule has 14 heavy (non-hydrogen) atoms. The molecule has 0 heterocycles. The molecule has 0 spiro atoms. The molecule has 1 aromatic carbocycles. The molecule has 0 atom stereocenters. The zero-order chi connectivity index (χ0) is 10.6. The first-order valence-electron chi connectivity index (χ1n) is 4.09. The van der Waals surface area contributed by atoms with Crippen molar-refractivity contribution in [1.29, 1.82) is 0 Å². The van der Waals surface area contributed by atoms with Crippen LogP contribution in [0.2, 0.25) is 0 Å². The maximum atomic E-state index is 11.2. The van der Waals surface area contributed by atoms with Gasteiger partial charge in [-0.1, -0.05) is 0 Å². The minimum absolute atomic E-state index is 0.0649. The third-order valence-electron chi connectivity index (χ3n) is 1.86. The van der Waals surface area contributed by atoms with Crippen LogP contribution in [0.25, 0.3) is 0 Å². The molecule has 0 aromatic heterocycles. The van der Waals surface area contributed by atoms with Crippen molar-refractivity contribution in [3.8, 4) is 5.75 Å². The van der Waals surface area contributed by atoms with Gasteiger partial charge in [-0.05, 0) is 18.2 Å². The molecule has 0 aliphatic carbocycles. The van der Waals surface area contributed by atoms with Gasteiger partial charge in [0.2, 0.25) is 0 Å². The second kappa shape index (κ2) is 4.53. The normalized spacial score (nSPS) is 9.57. The Morgan fingerprint density at radius 3 is 2.79 bits per heavy atom. The number of benzene rings is 1. The number of hydrogen-bond donors (Lipinski definition) is 1. The van der Waals surface area contributed by atoms with Crippen molar-refractivity contribution >= 4 is 12.1 Å². The maximum absolute atomic E-state index is 11.2. The van der Waals surface area contributed by atoms with Crippen molar-refractivity contribution in [3.63, 3.8) is 0 Å². The lowest BCUT2D eigenvalue weighted by Crippen LogP contribution is -2.13. The van der Waals surface area contributed by atoms with Gasteiger partial charge >= 0.3 is 0 Å². The van der Waals surface area contributed by atoms with E-state index in [1.807, 2.05) is 0 Å². The van der Waals surface area contributed by atoms with Gasteiger partial charge in [0.1, 0.15) is 5.75 Å². The molecule has 0 radical (unpaired) electrons. The van der Waals surface area contributed by atoms with Crippen LogP contribution in [-0.4, -0.2) is 25.7 Å². The quantitative estimate of drug-likeness (QED) is 0.563. The van der Waals surface area contributed by atoms with E-state index in [4.69, 9.17) is 10.5 Å². The summed E-state index contributed by atoms with van der Waals surface area (Å²) in [4.78, 5) is 21.8. The Bertz CT molecular complexity index is 360. The highest BCUT2D eigenvalue weighted by molar-refractivity contribution is 5.99. The number of hydrogen-bond acceptors (Lipinski definition) is 4. The largest absolute Gasteiger partial charge is 0.496 e. The highest BCUT2D eigenvalue weighted by Gasteiger charge is 2.07. The predicted molar refractivity (Wildman–Crippen MR) is 51.8 cm³/mol. The molecule has 0 aliphatic rings. The van der Waals surface area contributed by atoms with Crippen molar-refractivity contribution in [2.45, 2.75) is 0 Å². The summed E-state index contributed by atoms with van der Waals surface area (Å²) >= 11 is 0. The first kappa shape index (κ1) is 10.4. The minimum Gasteiger partial charge on any atom is -0.496 e. The van der Waals surface area contributed by atoms with Crippen LogP contribution in [0.5, 0.6) is 5.75 Å². The zero-order valence-electron chi connectivity index (χ0n) is 7.82. The topological polar surface area (TPSA) is 69.4 Å². The summed E-state index contributed by atoms with van der Waals surface area (Å²) in [5.74, 6) is 0.254. The summed E-state index contributed by atoms with van der Waals surface area (Å²) in [6, 6.07) is 4.63. The number of rotatable bonds is 4. The Morgan fingerprint density at radius 2 is 2.29 bits per heavy atom. The fourth-order valence-electron chi connectivity index (χ4n) is 1.12. The molecule has 0 amide bonds. The van der Waals surface area contributed by atoms with Crippen molar-refractivity contribution in [1.82, 2.24) is 0 Å². The van der Waals surface area contributed by atoms with Gasteiger partial charge in [0.25, 0.3) is 0 Å². The molecule has 0 aliphatic heterocycles. The van der Waals surface area contributed by atoms with E-state index in [2.05, 4.69) is 0 Å². The molecule has 0 saturated heterocycles. The number of ether oxygens (including phenoxy) is 1. The van der Waals surface area contributed by atoms with E-state index in [0.717, 1.165) is 0 Å². The van der Waals surface area contributed by atoms with Crippen molar-refractivity contribution in [2.75, 3.05) is 13.7 Å². The summed E-state index contributed by atoms with van der Waals surface area (Å²) in [5.41, 5.74) is 5.98. The smallest absolute Gasteiger partial charge is 0.176 e. The molecular weight excluding hydrogens is 182 g/mol. The van der Waals surface area contributed by atoms with Crippen molar-refractivity contribution in [3.05, 3.63) is 29.3 Å². The second-order valence-corrected chi connectivity index (χ2v) is 2.70. The van der Waals surface area contributed by atoms with Crippen LogP contribution in [0, 0.1) is 0 Å². The van der Waals surface area contributed by atoms with Crippen LogP contribution in [0.3, 0.4) is 0 Å². The summed E-state index contributed by atoms with van der Waals surface area (Å²) in [6.07, 6.45) is 0.645. The molecule has 2 N–H and O–H groups in total. The maximum Gasteiger partial charge on any atom is 0.176 e. The minimum atomic E-state index is -0.198. The lowest BCUT2D eigenvalue weighted by molar-refractivity contribution is 0.100. The van der Waals surface area contributed by atoms with Gasteiger partial charge in [-0.25, -0.2) is 0 Å². The van der Waals surface area contributed by atoms with Crippen LogP contribution < -0.4 is 10.5 Å². The third-order valence-corrected chi connectivity index (χ3v) is 1.86. The fraction of sp³-hybridized carbons (Fsp3) is 0.200. The van der Waals surface area contributed by atoms with Crippen LogP contribution in [0.4, 0.5) is 0 Å². The van der Waals surface area contributed by atoms with E-state index >= 15 is 0 Å². The Balaban J connectivity index is 3.13. The van der Waals surface area contributed by atoms with Crippen LogP contribution in [0.1, 0.15) is 20.7 Å². The number of carbonyl (C=O) groups is 2. The summed E-state index contributed by atoms with van der Waals surface area (Å²) < 4.78 is 4.93. The first-order valence-corrected chi connectivity index (χ1v) is 4.09. The molecule has 1 rings (SSSR count). The van der Waals surface area contributed by atoms with Gasteiger partial charge in [0, 0.05) is 5.56 Å². The standard InChI is InChI=1S/C10H11NO3/c1-14-10-3-2-7(9(13)5-11)4-8(10)6-12/h2-4,6H,5,11H2,1H3. The number of carbonyl (C=O) groups excluding carboxylic acids is 2. The number of nitrogens with two attached hydrogens (primary N) is 1. The van der Waals surface area contributed by atoms with Gasteiger partial charge in [0.15, 0.2) is 12.1 Å². The molecule has 0 fully saturated rings.